The van der Waals surface area contributed by atoms with Crippen molar-refractivity contribution in [3.05, 3.63) is 54.1 Å². The van der Waals surface area contributed by atoms with Crippen LogP contribution in [0.2, 0.25) is 0 Å². The smallest absolute Gasteiger partial charge is 0.320 e. The van der Waals surface area contributed by atoms with Crippen molar-refractivity contribution in [1.29, 1.82) is 0 Å². The number of aliphatic imine (C=N–C) groups is 1. The van der Waals surface area contributed by atoms with Gasteiger partial charge in [0.1, 0.15) is 0 Å². The van der Waals surface area contributed by atoms with E-state index in [2.05, 4.69) is 47.9 Å². The Bertz CT molecular complexity index is 1270. The summed E-state index contributed by atoms with van der Waals surface area (Å²) >= 11 is 0. The van der Waals surface area contributed by atoms with E-state index in [-0.39, 0.29) is 27.9 Å². The molecule has 0 spiro atoms. The minimum Gasteiger partial charge on any atom is -0.368 e. The van der Waals surface area contributed by atoms with Crippen LogP contribution < -0.4 is 9.80 Å². The van der Waals surface area contributed by atoms with Crippen LogP contribution >= 0.6 is 10.8 Å². The number of fused-ring (bicyclic) bond motifs is 3. The van der Waals surface area contributed by atoms with Gasteiger partial charge in [0.2, 0.25) is 5.91 Å². The van der Waals surface area contributed by atoms with E-state index in [4.69, 9.17) is 14.3 Å². The number of carbonyl (C=O) groups is 1. The fraction of sp³-hybridized carbons (Fsp3) is 0.440. The van der Waals surface area contributed by atoms with E-state index in [1.165, 1.54) is 11.3 Å². The maximum absolute atomic E-state index is 12.2. The number of para-hydroxylation sites is 1. The van der Waals surface area contributed by atoms with Gasteiger partial charge in [-0.25, -0.2) is 0 Å². The van der Waals surface area contributed by atoms with Gasteiger partial charge in [0.05, 0.1) is 24.3 Å². The molecule has 1 N–H and O–H groups in total. The minimum atomic E-state index is -4.21. The molecule has 1 atom stereocenters. The summed E-state index contributed by atoms with van der Waals surface area (Å²) in [5.74, 6) is -0.572. The zero-order valence-corrected chi connectivity index (χ0v) is 22.0. The maximum atomic E-state index is 12.2. The van der Waals surface area contributed by atoms with Gasteiger partial charge in [-0.1, -0.05) is 32.0 Å². The highest BCUT2D eigenvalue weighted by Crippen LogP contribution is 2.53. The molecule has 9 nitrogen and oxygen atoms in total. The van der Waals surface area contributed by atoms with Crippen LogP contribution in [0.15, 0.2) is 53.5 Å². The van der Waals surface area contributed by atoms with Gasteiger partial charge >= 0.3 is 9.15 Å². The summed E-state index contributed by atoms with van der Waals surface area (Å²) in [5, 5.41) is 0. The summed E-state index contributed by atoms with van der Waals surface area (Å²) in [6, 6.07) is 16.5. The summed E-state index contributed by atoms with van der Waals surface area (Å²) in [4.78, 5) is 23.1. The largest absolute Gasteiger partial charge is 0.368 e. The molecule has 0 aromatic heterocycles. The van der Waals surface area contributed by atoms with Crippen LogP contribution in [0.5, 0.6) is 0 Å². The van der Waals surface area contributed by atoms with Gasteiger partial charge in [-0.05, 0) is 35.9 Å². The van der Waals surface area contributed by atoms with E-state index in [0.717, 1.165) is 17.9 Å². The number of ether oxygens (including phenoxy) is 1. The fourth-order valence-electron chi connectivity index (χ4n) is 5.39. The van der Waals surface area contributed by atoms with Crippen molar-refractivity contribution < 1.29 is 22.5 Å². The highest BCUT2D eigenvalue weighted by molar-refractivity contribution is 8.70. The van der Waals surface area contributed by atoms with Crippen LogP contribution in [0.25, 0.3) is 0 Å². The first-order chi connectivity index (χ1) is 17.1. The Balaban J connectivity index is 1.24. The second kappa shape index (κ2) is 9.37. The number of nitrogens with zero attached hydrogens (tertiary/aromatic N) is 4. The first-order valence-electron chi connectivity index (χ1n) is 11.9. The fourth-order valence-corrected chi connectivity index (χ4v) is 6.58. The lowest BCUT2D eigenvalue weighted by Crippen LogP contribution is -2.54. The Morgan fingerprint density at radius 1 is 1.08 bits per heavy atom. The summed E-state index contributed by atoms with van der Waals surface area (Å²) in [5.41, 5.74) is 3.48. The molecule has 2 aromatic rings. The van der Waals surface area contributed by atoms with Crippen molar-refractivity contribution in [3.63, 3.8) is 0 Å². The highest BCUT2D eigenvalue weighted by Gasteiger charge is 2.59. The second-order valence-corrected chi connectivity index (χ2v) is 13.0. The van der Waals surface area contributed by atoms with E-state index in [0.29, 0.717) is 32.8 Å². The summed E-state index contributed by atoms with van der Waals surface area (Å²) in [6.07, 6.45) is 1.95. The highest BCUT2D eigenvalue weighted by atomic mass is 33.1. The van der Waals surface area contributed by atoms with Crippen LogP contribution in [0, 0.1) is 0 Å². The van der Waals surface area contributed by atoms with Gasteiger partial charge in [0.25, 0.3) is 0 Å². The zero-order valence-electron chi connectivity index (χ0n) is 20.3. The summed E-state index contributed by atoms with van der Waals surface area (Å²) < 4.78 is 36.9. The van der Waals surface area contributed by atoms with Gasteiger partial charge in [0, 0.05) is 60.3 Å². The quantitative estimate of drug-likeness (QED) is 0.345. The van der Waals surface area contributed by atoms with Gasteiger partial charge in [0.15, 0.2) is 5.72 Å². The van der Waals surface area contributed by atoms with E-state index in [1.54, 1.807) is 4.90 Å². The number of hydrogen-bond acceptors (Lipinski definition) is 8. The molecular formula is C25H30N4O5S2. The second-order valence-electron chi connectivity index (χ2n) is 9.67. The molecule has 2 saturated heterocycles. The number of carbonyl (C=O) groups excluding carboxylic acids is 1. The average Bonchev–Trinajstić information content (AvgIpc) is 3.38. The van der Waals surface area contributed by atoms with Crippen molar-refractivity contribution in [2.75, 3.05) is 54.9 Å². The first-order valence-corrected chi connectivity index (χ1v) is 14.9. The Morgan fingerprint density at radius 2 is 1.78 bits per heavy atom. The van der Waals surface area contributed by atoms with E-state index in [1.807, 2.05) is 30.5 Å². The molecule has 0 radical (unpaired) electrons. The predicted molar refractivity (Wildman–Crippen MR) is 143 cm³/mol. The van der Waals surface area contributed by atoms with Crippen molar-refractivity contribution in [1.82, 2.24) is 4.90 Å². The maximum Gasteiger partial charge on any atom is 0.320 e. The number of piperazine rings is 1. The van der Waals surface area contributed by atoms with E-state index < -0.39 is 14.9 Å². The molecule has 36 heavy (non-hydrogen) atoms. The van der Waals surface area contributed by atoms with Crippen LogP contribution in [-0.2, 0) is 24.1 Å². The van der Waals surface area contributed by atoms with Crippen molar-refractivity contribution in [2.45, 2.75) is 25.0 Å². The molecule has 2 aromatic carbocycles. The molecule has 11 heteroatoms. The van der Waals surface area contributed by atoms with Crippen LogP contribution in [0.1, 0.15) is 19.4 Å². The van der Waals surface area contributed by atoms with Crippen LogP contribution in [-0.4, -0.2) is 80.8 Å². The third-order valence-electron chi connectivity index (χ3n) is 7.37. The molecule has 3 aliphatic heterocycles. The third kappa shape index (κ3) is 4.49. The van der Waals surface area contributed by atoms with E-state index in [9.17, 15) is 13.2 Å². The Hall–Kier alpha value is -2.60. The monoisotopic (exact) mass is 530 g/mol. The molecule has 3 aliphatic rings. The SMILES string of the molecule is CC1(C)c2ccccc2N2CCOC21/C=N/c1ccc(N2CCN(C(=O)CSS(=O)(=O)O)CC2)cc1. The van der Waals surface area contributed by atoms with Crippen LogP contribution in [0.3, 0.4) is 0 Å². The van der Waals surface area contributed by atoms with Crippen molar-refractivity contribution >= 4 is 49.1 Å². The molecule has 0 aliphatic carbocycles. The first kappa shape index (κ1) is 25.1. The van der Waals surface area contributed by atoms with Gasteiger partial charge < -0.3 is 19.4 Å². The zero-order chi connectivity index (χ0) is 25.6. The molecule has 0 saturated carbocycles. The third-order valence-corrected chi connectivity index (χ3v) is 9.28. The number of benzene rings is 2. The molecule has 2 fully saturated rings. The molecule has 3 heterocycles. The predicted octanol–water partition coefficient (Wildman–Crippen LogP) is 3.10. The summed E-state index contributed by atoms with van der Waals surface area (Å²) in [7, 11) is -3.97. The molecule has 0 bridgehead atoms. The Kier molecular flexibility index (Phi) is 6.52. The van der Waals surface area contributed by atoms with E-state index >= 15 is 0 Å². The van der Waals surface area contributed by atoms with Crippen LogP contribution in [0.4, 0.5) is 17.1 Å². The van der Waals surface area contributed by atoms with Crippen molar-refractivity contribution in [2.24, 2.45) is 4.99 Å². The van der Waals surface area contributed by atoms with Crippen molar-refractivity contribution in [3.8, 4) is 0 Å². The lowest BCUT2D eigenvalue weighted by Gasteiger charge is -2.38. The number of anilines is 2. The topological polar surface area (TPSA) is 103 Å². The van der Waals surface area contributed by atoms with Gasteiger partial charge in [-0.3, -0.25) is 14.3 Å². The number of amides is 1. The molecule has 1 unspecified atom stereocenters. The molecule has 5 rings (SSSR count). The number of rotatable bonds is 6. The molecule has 1 amide bonds. The Morgan fingerprint density at radius 3 is 2.47 bits per heavy atom. The number of hydrogen-bond donors (Lipinski definition) is 1. The Labute approximate surface area is 215 Å². The molecular weight excluding hydrogens is 500 g/mol. The lowest BCUT2D eigenvalue weighted by molar-refractivity contribution is -0.128. The standard InChI is InChI=1S/C25H30N4O5S2/c1-24(2)21-5-3-4-6-22(21)29-15-16-34-25(24,29)18-26-19-7-9-20(10-8-19)27-11-13-28(14-12-27)23(30)17-35-36(31,32)33/h3-10,18H,11-17H2,1-2H3,(H,31,32,33)/b26-18+. The normalized spacial score (nSPS) is 23.2. The lowest BCUT2D eigenvalue weighted by atomic mass is 9.78. The van der Waals surface area contributed by atoms with Gasteiger partial charge in [-0.2, -0.15) is 8.42 Å². The minimum absolute atomic E-state index is 0.247. The average molecular weight is 531 g/mol. The summed E-state index contributed by atoms with van der Waals surface area (Å²) in [6.45, 7) is 8.18. The molecule has 192 valence electrons. The van der Waals surface area contributed by atoms with Gasteiger partial charge in [-0.15, -0.1) is 0 Å².